The van der Waals surface area contributed by atoms with Crippen molar-refractivity contribution in [1.82, 2.24) is 24.6 Å². The van der Waals surface area contributed by atoms with Crippen LogP contribution in [0.25, 0.3) is 0 Å². The zero-order chi connectivity index (χ0) is 19.5. The summed E-state index contributed by atoms with van der Waals surface area (Å²) in [4.78, 5) is 13.3. The third-order valence-electron chi connectivity index (χ3n) is 5.10. The van der Waals surface area contributed by atoms with Crippen LogP contribution >= 0.6 is 0 Å². The first-order valence-corrected chi connectivity index (χ1v) is 9.53. The lowest BCUT2D eigenvalue weighted by molar-refractivity contribution is 0.122. The fourth-order valence-corrected chi connectivity index (χ4v) is 3.75. The van der Waals surface area contributed by atoms with Gasteiger partial charge in [0.1, 0.15) is 11.5 Å². The first kappa shape index (κ1) is 19.0. The number of likely N-dealkylation sites (tertiary alicyclic amines) is 1. The van der Waals surface area contributed by atoms with Crippen LogP contribution in [0.4, 0.5) is 20.5 Å². The average Bonchev–Trinajstić information content (AvgIpc) is 3.29. The third kappa shape index (κ3) is 4.39. The second kappa shape index (κ2) is 8.36. The average molecular weight is 393 g/mol. The molecule has 0 spiro atoms. The predicted octanol–water partition coefficient (Wildman–Crippen LogP) is 1.67. The monoisotopic (exact) mass is 393 g/mol. The van der Waals surface area contributed by atoms with Gasteiger partial charge in [0.2, 0.25) is 5.95 Å². The molecule has 28 heavy (non-hydrogen) atoms. The Labute approximate surface area is 162 Å². The Hall–Kier alpha value is -2.33. The van der Waals surface area contributed by atoms with E-state index in [1.54, 1.807) is 19.4 Å². The lowest BCUT2D eigenvalue weighted by Gasteiger charge is -2.27. The van der Waals surface area contributed by atoms with Gasteiger partial charge < -0.3 is 15.0 Å². The minimum atomic E-state index is -2.55. The topological polar surface area (TPSA) is 71.3 Å². The van der Waals surface area contributed by atoms with Gasteiger partial charge in [-0.3, -0.25) is 9.58 Å². The van der Waals surface area contributed by atoms with Gasteiger partial charge in [-0.05, 0) is 12.5 Å². The minimum Gasteiger partial charge on any atom is -0.378 e. The zero-order valence-electron chi connectivity index (χ0n) is 15.9. The van der Waals surface area contributed by atoms with Crippen molar-refractivity contribution in [3.8, 4) is 0 Å². The highest BCUT2D eigenvalue weighted by Crippen LogP contribution is 2.24. The van der Waals surface area contributed by atoms with Crippen molar-refractivity contribution in [2.75, 3.05) is 49.6 Å². The number of hydrogen-bond acceptors (Lipinski definition) is 7. The summed E-state index contributed by atoms with van der Waals surface area (Å²) in [7, 11) is 1.67. The van der Waals surface area contributed by atoms with Gasteiger partial charge >= 0.3 is 0 Å². The summed E-state index contributed by atoms with van der Waals surface area (Å²) in [6.45, 7) is 5.05. The Morgan fingerprint density at radius 1 is 1.29 bits per heavy atom. The number of rotatable bonds is 6. The maximum atomic E-state index is 13.1. The molecule has 0 aromatic carbocycles. The van der Waals surface area contributed by atoms with E-state index in [1.807, 2.05) is 6.07 Å². The predicted molar refractivity (Wildman–Crippen MR) is 101 cm³/mol. The molecule has 2 aromatic heterocycles. The van der Waals surface area contributed by atoms with Crippen LogP contribution in [-0.4, -0.2) is 70.1 Å². The number of ether oxygens (including phenoxy) is 1. The van der Waals surface area contributed by atoms with Crippen LogP contribution in [0, 0.1) is 0 Å². The Morgan fingerprint density at radius 2 is 2.11 bits per heavy atom. The van der Waals surface area contributed by atoms with Crippen LogP contribution < -0.4 is 10.2 Å². The van der Waals surface area contributed by atoms with Gasteiger partial charge in [-0.1, -0.05) is 0 Å². The van der Waals surface area contributed by atoms with Gasteiger partial charge in [-0.2, -0.15) is 10.1 Å². The van der Waals surface area contributed by atoms with E-state index >= 15 is 0 Å². The van der Waals surface area contributed by atoms with Crippen molar-refractivity contribution >= 4 is 11.8 Å². The zero-order valence-corrected chi connectivity index (χ0v) is 15.9. The van der Waals surface area contributed by atoms with E-state index in [0.29, 0.717) is 31.3 Å². The summed E-state index contributed by atoms with van der Waals surface area (Å²) in [6.07, 6.45) is 1.83. The number of anilines is 2. The molecule has 2 aromatic rings. The molecule has 2 saturated heterocycles. The van der Waals surface area contributed by atoms with E-state index < -0.39 is 6.43 Å². The molecule has 0 radical (unpaired) electrons. The Bertz CT molecular complexity index is 794. The van der Waals surface area contributed by atoms with Crippen molar-refractivity contribution in [2.24, 2.45) is 7.05 Å². The van der Waals surface area contributed by atoms with E-state index in [1.165, 1.54) is 4.68 Å². The molecular formula is C18H25F2N7O. The Kier molecular flexibility index (Phi) is 5.67. The second-order valence-electron chi connectivity index (χ2n) is 7.22. The van der Waals surface area contributed by atoms with Gasteiger partial charge in [0.15, 0.2) is 0 Å². The number of aryl methyl sites for hydroxylation is 1. The van der Waals surface area contributed by atoms with Gasteiger partial charge in [0.25, 0.3) is 6.43 Å². The highest BCUT2D eigenvalue weighted by atomic mass is 19.3. The number of morpholine rings is 1. The van der Waals surface area contributed by atoms with Crippen LogP contribution in [-0.2, 0) is 18.3 Å². The smallest absolute Gasteiger partial charge is 0.282 e. The molecule has 1 unspecified atom stereocenters. The number of alkyl halides is 2. The molecule has 0 aliphatic carbocycles. The van der Waals surface area contributed by atoms with E-state index in [-0.39, 0.29) is 11.7 Å². The van der Waals surface area contributed by atoms with Gasteiger partial charge in [-0.25, -0.2) is 13.8 Å². The second-order valence-corrected chi connectivity index (χ2v) is 7.22. The summed E-state index contributed by atoms with van der Waals surface area (Å²) in [5.74, 6) is 1.50. The molecule has 0 bridgehead atoms. The standard InChI is InChI=1S/C18H25F2N7O/c1-25-10-13(16(24-25)17(19)20)11-26-5-3-14(12-26)22-15-2-4-21-18(23-15)27-6-8-28-9-7-27/h2,4,10,14,17H,3,5-9,11-12H2,1H3,(H,21,22,23). The van der Waals surface area contributed by atoms with Crippen LogP contribution in [0.1, 0.15) is 24.1 Å². The van der Waals surface area contributed by atoms with Crippen molar-refractivity contribution in [3.05, 3.63) is 29.7 Å². The fraction of sp³-hybridized carbons (Fsp3) is 0.611. The molecule has 1 atom stereocenters. The highest BCUT2D eigenvalue weighted by Gasteiger charge is 2.26. The molecule has 4 rings (SSSR count). The SMILES string of the molecule is Cn1cc(CN2CCC(Nc3ccnc(N4CCOCC4)n3)C2)c(C(F)F)n1. The minimum absolute atomic E-state index is 0.120. The largest absolute Gasteiger partial charge is 0.378 e. The Balaban J connectivity index is 1.35. The van der Waals surface area contributed by atoms with Crippen LogP contribution in [0.15, 0.2) is 18.5 Å². The molecule has 10 heteroatoms. The van der Waals surface area contributed by atoms with E-state index in [0.717, 1.165) is 38.4 Å². The third-order valence-corrected chi connectivity index (χ3v) is 5.10. The van der Waals surface area contributed by atoms with Crippen LogP contribution in [0.2, 0.25) is 0 Å². The quantitative estimate of drug-likeness (QED) is 0.801. The van der Waals surface area contributed by atoms with Crippen molar-refractivity contribution in [2.45, 2.75) is 25.4 Å². The fourth-order valence-electron chi connectivity index (χ4n) is 3.75. The van der Waals surface area contributed by atoms with Gasteiger partial charge in [0.05, 0.1) is 13.2 Å². The van der Waals surface area contributed by atoms with E-state index in [4.69, 9.17) is 4.74 Å². The molecule has 4 heterocycles. The first-order chi connectivity index (χ1) is 13.6. The summed E-state index contributed by atoms with van der Waals surface area (Å²) in [5, 5.41) is 7.35. The summed E-state index contributed by atoms with van der Waals surface area (Å²) in [6, 6.07) is 2.09. The summed E-state index contributed by atoms with van der Waals surface area (Å²) >= 11 is 0. The van der Waals surface area contributed by atoms with Crippen molar-refractivity contribution in [3.63, 3.8) is 0 Å². The Morgan fingerprint density at radius 3 is 2.89 bits per heavy atom. The number of nitrogens with zero attached hydrogens (tertiary/aromatic N) is 6. The van der Waals surface area contributed by atoms with Crippen molar-refractivity contribution < 1.29 is 13.5 Å². The number of hydrogen-bond donors (Lipinski definition) is 1. The molecule has 2 aliphatic rings. The lowest BCUT2D eigenvalue weighted by Crippen LogP contribution is -2.37. The molecule has 1 N–H and O–H groups in total. The van der Waals surface area contributed by atoms with Crippen molar-refractivity contribution in [1.29, 1.82) is 0 Å². The molecule has 0 saturated carbocycles. The van der Waals surface area contributed by atoms with Gasteiger partial charge in [0, 0.05) is 63.8 Å². The maximum absolute atomic E-state index is 13.1. The molecular weight excluding hydrogens is 368 g/mol. The van der Waals surface area contributed by atoms with Crippen LogP contribution in [0.3, 0.4) is 0 Å². The highest BCUT2D eigenvalue weighted by molar-refractivity contribution is 5.42. The van der Waals surface area contributed by atoms with Crippen LogP contribution in [0.5, 0.6) is 0 Å². The summed E-state index contributed by atoms with van der Waals surface area (Å²) < 4.78 is 33.1. The first-order valence-electron chi connectivity index (χ1n) is 9.53. The molecule has 2 fully saturated rings. The number of halogens is 2. The normalized spacial score (nSPS) is 20.9. The lowest BCUT2D eigenvalue weighted by atomic mass is 10.2. The maximum Gasteiger partial charge on any atom is 0.282 e. The van der Waals surface area contributed by atoms with Gasteiger partial charge in [-0.15, -0.1) is 0 Å². The molecule has 2 aliphatic heterocycles. The molecule has 0 amide bonds. The van der Waals surface area contributed by atoms with E-state index in [9.17, 15) is 8.78 Å². The number of nitrogens with one attached hydrogen (secondary N) is 1. The number of aromatic nitrogens is 4. The molecule has 152 valence electrons. The summed E-state index contributed by atoms with van der Waals surface area (Å²) in [5.41, 5.74) is 0.472. The molecule has 8 nitrogen and oxygen atoms in total. The van der Waals surface area contributed by atoms with E-state index in [2.05, 4.69) is 30.2 Å².